The third-order valence-corrected chi connectivity index (χ3v) is 4.67. The molecule has 2 heterocycles. The Hall–Kier alpha value is -2.85. The van der Waals surface area contributed by atoms with Gasteiger partial charge in [0.05, 0.1) is 23.4 Å². The lowest BCUT2D eigenvalue weighted by Gasteiger charge is -2.03. The van der Waals surface area contributed by atoms with Crippen molar-refractivity contribution in [1.29, 1.82) is 0 Å². The summed E-state index contributed by atoms with van der Waals surface area (Å²) in [6.07, 6.45) is 7.28. The predicted molar refractivity (Wildman–Crippen MR) is 97.7 cm³/mol. The van der Waals surface area contributed by atoms with E-state index < -0.39 is 0 Å². The average Bonchev–Trinajstić information content (AvgIpc) is 3.08. The topological polar surface area (TPSA) is 61.4 Å². The van der Waals surface area contributed by atoms with Gasteiger partial charge in [0.15, 0.2) is 10.5 Å². The van der Waals surface area contributed by atoms with E-state index in [-0.39, 0.29) is 5.91 Å². The first-order chi connectivity index (χ1) is 12.0. The molecule has 0 unspecified atom stereocenters. The van der Waals surface area contributed by atoms with E-state index in [1.807, 2.05) is 36.6 Å². The lowest BCUT2D eigenvalue weighted by atomic mass is 10.3. The standard InChI is InChI=1S/C18H18N4O2S/c1-5-9-22-14-8-7-13(24-6-2)10-15(14)25-18(22)19-17(23)16-12(3)11-21(4)20-16/h1,7-8,10-11H,6,9H2,2-4H3. The van der Waals surface area contributed by atoms with Gasteiger partial charge in [0, 0.05) is 18.8 Å². The molecule has 1 aromatic carbocycles. The van der Waals surface area contributed by atoms with Crippen LogP contribution in [0.3, 0.4) is 0 Å². The molecule has 0 N–H and O–H groups in total. The van der Waals surface area contributed by atoms with Crippen molar-refractivity contribution in [2.45, 2.75) is 20.4 Å². The molecular weight excluding hydrogens is 336 g/mol. The van der Waals surface area contributed by atoms with Crippen molar-refractivity contribution in [3.8, 4) is 18.1 Å². The minimum atomic E-state index is -0.375. The second-order valence-corrected chi connectivity index (χ2v) is 6.50. The fourth-order valence-electron chi connectivity index (χ4n) is 2.60. The summed E-state index contributed by atoms with van der Waals surface area (Å²) in [7, 11) is 1.77. The van der Waals surface area contributed by atoms with E-state index in [9.17, 15) is 4.79 Å². The Kier molecular flexibility index (Phi) is 4.72. The Morgan fingerprint density at radius 2 is 2.28 bits per heavy atom. The molecule has 0 fully saturated rings. The minimum Gasteiger partial charge on any atom is -0.494 e. The quantitative estimate of drug-likeness (QED) is 0.677. The normalized spacial score (nSPS) is 11.7. The van der Waals surface area contributed by atoms with Crippen molar-refractivity contribution >= 4 is 27.5 Å². The summed E-state index contributed by atoms with van der Waals surface area (Å²) >= 11 is 1.40. The summed E-state index contributed by atoms with van der Waals surface area (Å²) in [6.45, 7) is 4.70. The second-order valence-electron chi connectivity index (χ2n) is 5.49. The second kappa shape index (κ2) is 6.95. The summed E-state index contributed by atoms with van der Waals surface area (Å²) in [6, 6.07) is 5.76. The molecule has 0 saturated carbocycles. The van der Waals surface area contributed by atoms with Crippen molar-refractivity contribution in [1.82, 2.24) is 14.3 Å². The molecule has 0 aliphatic heterocycles. The highest BCUT2D eigenvalue weighted by atomic mass is 32.1. The number of thiazole rings is 1. The van der Waals surface area contributed by atoms with Crippen molar-refractivity contribution in [3.05, 3.63) is 40.5 Å². The third kappa shape index (κ3) is 3.35. The van der Waals surface area contributed by atoms with Gasteiger partial charge in [0.1, 0.15) is 5.75 Å². The number of fused-ring (bicyclic) bond motifs is 1. The van der Waals surface area contributed by atoms with E-state index in [1.54, 1.807) is 17.9 Å². The molecule has 3 rings (SSSR count). The van der Waals surface area contributed by atoms with Crippen LogP contribution in [-0.2, 0) is 13.6 Å². The molecule has 25 heavy (non-hydrogen) atoms. The average molecular weight is 354 g/mol. The van der Waals surface area contributed by atoms with E-state index in [0.717, 1.165) is 21.5 Å². The van der Waals surface area contributed by atoms with Crippen LogP contribution >= 0.6 is 11.3 Å². The van der Waals surface area contributed by atoms with Crippen molar-refractivity contribution in [2.24, 2.45) is 12.0 Å². The number of hydrogen-bond acceptors (Lipinski definition) is 4. The Morgan fingerprint density at radius 3 is 2.92 bits per heavy atom. The maximum absolute atomic E-state index is 12.5. The summed E-state index contributed by atoms with van der Waals surface area (Å²) in [5.74, 6) is 3.02. The molecule has 0 radical (unpaired) electrons. The van der Waals surface area contributed by atoms with E-state index >= 15 is 0 Å². The SMILES string of the molecule is C#CCn1c(=NC(=O)c2nn(C)cc2C)sc2cc(OCC)ccc21. The number of terminal acetylenes is 1. The molecule has 0 aliphatic carbocycles. The van der Waals surface area contributed by atoms with E-state index in [4.69, 9.17) is 11.2 Å². The molecule has 0 spiro atoms. The van der Waals surface area contributed by atoms with Crippen LogP contribution in [0.4, 0.5) is 0 Å². The van der Waals surface area contributed by atoms with Crippen molar-refractivity contribution < 1.29 is 9.53 Å². The number of hydrogen-bond donors (Lipinski definition) is 0. The van der Waals surface area contributed by atoms with Gasteiger partial charge in [-0.15, -0.1) is 6.42 Å². The van der Waals surface area contributed by atoms with Gasteiger partial charge in [-0.25, -0.2) is 0 Å². The smallest absolute Gasteiger partial charge is 0.300 e. The molecule has 0 aliphatic rings. The zero-order chi connectivity index (χ0) is 18.0. The highest BCUT2D eigenvalue weighted by molar-refractivity contribution is 7.16. The zero-order valence-electron chi connectivity index (χ0n) is 14.3. The number of nitrogens with zero attached hydrogens (tertiary/aromatic N) is 4. The van der Waals surface area contributed by atoms with Gasteiger partial charge >= 0.3 is 0 Å². The number of carbonyl (C=O) groups is 1. The number of ether oxygens (including phenoxy) is 1. The number of aryl methyl sites for hydroxylation is 2. The molecule has 0 bridgehead atoms. The monoisotopic (exact) mass is 354 g/mol. The van der Waals surface area contributed by atoms with Gasteiger partial charge in [0.25, 0.3) is 5.91 Å². The molecule has 3 aromatic rings. The number of benzene rings is 1. The first kappa shape index (κ1) is 17.0. The summed E-state index contributed by atoms with van der Waals surface area (Å²) < 4.78 is 9.96. The molecule has 6 nitrogen and oxygen atoms in total. The fourth-order valence-corrected chi connectivity index (χ4v) is 3.65. The van der Waals surface area contributed by atoms with Crippen LogP contribution in [-0.4, -0.2) is 26.9 Å². The molecule has 1 amide bonds. The van der Waals surface area contributed by atoms with Gasteiger partial charge in [-0.1, -0.05) is 17.3 Å². The van der Waals surface area contributed by atoms with E-state index in [0.29, 0.717) is 23.6 Å². The van der Waals surface area contributed by atoms with Gasteiger partial charge in [-0.05, 0) is 32.0 Å². The largest absolute Gasteiger partial charge is 0.494 e. The van der Waals surface area contributed by atoms with Crippen LogP contribution in [0.5, 0.6) is 5.75 Å². The Labute approximate surface area is 149 Å². The van der Waals surface area contributed by atoms with Crippen LogP contribution < -0.4 is 9.54 Å². The van der Waals surface area contributed by atoms with E-state index in [1.165, 1.54) is 11.3 Å². The van der Waals surface area contributed by atoms with Crippen LogP contribution in [0.1, 0.15) is 23.0 Å². The maximum atomic E-state index is 12.5. The van der Waals surface area contributed by atoms with Crippen LogP contribution in [0.2, 0.25) is 0 Å². The van der Waals surface area contributed by atoms with Gasteiger partial charge < -0.3 is 9.30 Å². The number of rotatable bonds is 4. The molecule has 0 atom stereocenters. The van der Waals surface area contributed by atoms with Crippen molar-refractivity contribution in [2.75, 3.05) is 6.61 Å². The van der Waals surface area contributed by atoms with Crippen LogP contribution in [0, 0.1) is 19.3 Å². The third-order valence-electron chi connectivity index (χ3n) is 3.63. The Morgan fingerprint density at radius 1 is 1.48 bits per heavy atom. The van der Waals surface area contributed by atoms with Gasteiger partial charge in [0.2, 0.25) is 0 Å². The Bertz CT molecular complexity index is 1050. The maximum Gasteiger partial charge on any atom is 0.300 e. The lowest BCUT2D eigenvalue weighted by molar-refractivity contribution is 0.0992. The first-order valence-corrected chi connectivity index (χ1v) is 8.64. The molecule has 2 aromatic heterocycles. The first-order valence-electron chi connectivity index (χ1n) is 7.82. The summed E-state index contributed by atoms with van der Waals surface area (Å²) in [4.78, 5) is 17.3. The summed E-state index contributed by atoms with van der Waals surface area (Å²) in [5, 5.41) is 4.18. The highest BCUT2D eigenvalue weighted by Crippen LogP contribution is 2.23. The van der Waals surface area contributed by atoms with Crippen molar-refractivity contribution in [3.63, 3.8) is 0 Å². The molecule has 7 heteroatoms. The number of carbonyl (C=O) groups excluding carboxylic acids is 1. The van der Waals surface area contributed by atoms with Gasteiger partial charge in [-0.3, -0.25) is 9.48 Å². The minimum absolute atomic E-state index is 0.335. The van der Waals surface area contributed by atoms with Gasteiger partial charge in [-0.2, -0.15) is 10.1 Å². The fraction of sp³-hybridized carbons (Fsp3) is 0.278. The van der Waals surface area contributed by atoms with Crippen LogP contribution in [0.15, 0.2) is 29.4 Å². The zero-order valence-corrected chi connectivity index (χ0v) is 15.1. The van der Waals surface area contributed by atoms with Crippen LogP contribution in [0.25, 0.3) is 10.2 Å². The predicted octanol–water partition coefficient (Wildman–Crippen LogP) is 2.52. The van der Waals surface area contributed by atoms with E-state index in [2.05, 4.69) is 16.0 Å². The molecule has 128 valence electrons. The Balaban J connectivity index is 2.13. The number of aromatic nitrogens is 3. The summed E-state index contributed by atoms with van der Waals surface area (Å²) in [5.41, 5.74) is 2.07. The number of amides is 1. The highest BCUT2D eigenvalue weighted by Gasteiger charge is 2.14. The lowest BCUT2D eigenvalue weighted by Crippen LogP contribution is -2.17. The molecular formula is C18H18N4O2S. The molecule has 0 saturated heterocycles.